The minimum absolute atomic E-state index is 0.775. The van der Waals surface area contributed by atoms with Gasteiger partial charge in [-0.25, -0.2) is 4.39 Å². The Morgan fingerprint density at radius 2 is 2.57 bits per heavy atom. The summed E-state index contributed by atoms with van der Waals surface area (Å²) in [5, 5.41) is 2.63. The molecule has 0 amide bonds. The molecule has 1 aliphatic rings. The highest BCUT2D eigenvalue weighted by Crippen LogP contribution is 1.97. The minimum atomic E-state index is -0.903. The Labute approximate surface area is 42.3 Å². The maximum atomic E-state index is 12.1. The van der Waals surface area contributed by atoms with Crippen molar-refractivity contribution in [2.45, 2.75) is 6.42 Å². The summed E-state index contributed by atoms with van der Waals surface area (Å²) in [4.78, 5) is 1.62. The van der Waals surface area contributed by atoms with Gasteiger partial charge in [-0.2, -0.15) is 0 Å². The van der Waals surface area contributed by atoms with Crippen molar-refractivity contribution in [2.75, 3.05) is 20.1 Å². The van der Waals surface area contributed by atoms with E-state index < -0.39 is 6.42 Å². The van der Waals surface area contributed by atoms with E-state index in [-0.39, 0.29) is 0 Å². The van der Waals surface area contributed by atoms with Crippen molar-refractivity contribution in [3.05, 3.63) is 0 Å². The number of nitrogens with one attached hydrogen (secondary N) is 1. The molecule has 0 aromatic carbocycles. The summed E-state index contributed by atoms with van der Waals surface area (Å²) in [5.74, 6) is 0. The molecule has 1 rings (SSSR count). The van der Waals surface area contributed by atoms with Crippen molar-refractivity contribution in [1.82, 2.24) is 10.2 Å². The lowest BCUT2D eigenvalue weighted by molar-refractivity contribution is 0.138. The van der Waals surface area contributed by atoms with Crippen LogP contribution >= 0.6 is 0 Å². The van der Waals surface area contributed by atoms with E-state index in [1.54, 1.807) is 11.9 Å². The molecule has 0 bridgehead atoms. The smallest absolute Gasteiger partial charge is 0.207 e. The largest absolute Gasteiger partial charge is 0.274 e. The Hall–Kier alpha value is -0.150. The molecule has 1 fully saturated rings. The van der Waals surface area contributed by atoms with Crippen LogP contribution in [0.1, 0.15) is 0 Å². The number of likely N-dealkylation sites (N-methyl/N-ethyl adjacent to an activating group) is 1. The molecule has 0 aromatic heterocycles. The van der Waals surface area contributed by atoms with Crippen LogP contribution in [-0.2, 0) is 0 Å². The van der Waals surface area contributed by atoms with E-state index in [2.05, 4.69) is 5.32 Å². The first kappa shape index (κ1) is 5.00. The summed E-state index contributed by atoms with van der Waals surface area (Å²) in [6.07, 6.45) is -0.903. The van der Waals surface area contributed by atoms with Crippen molar-refractivity contribution in [1.29, 1.82) is 0 Å². The molecule has 1 saturated heterocycles. The van der Waals surface area contributed by atoms with E-state index in [4.69, 9.17) is 0 Å². The Morgan fingerprint density at radius 1 is 1.86 bits per heavy atom. The van der Waals surface area contributed by atoms with Crippen molar-refractivity contribution in [3.63, 3.8) is 0 Å². The highest BCUT2D eigenvalue weighted by Gasteiger charge is 2.17. The second-order valence-electron chi connectivity index (χ2n) is 1.77. The number of alkyl halides is 1. The van der Waals surface area contributed by atoms with Gasteiger partial charge in [-0.3, -0.25) is 10.2 Å². The van der Waals surface area contributed by atoms with Gasteiger partial charge >= 0.3 is 0 Å². The molecule has 0 aliphatic carbocycles. The quantitative estimate of drug-likeness (QED) is 0.427. The third kappa shape index (κ3) is 0.894. The second kappa shape index (κ2) is 1.76. The topological polar surface area (TPSA) is 15.3 Å². The zero-order chi connectivity index (χ0) is 5.28. The summed E-state index contributed by atoms with van der Waals surface area (Å²) in [6, 6.07) is 0. The molecule has 1 heterocycles. The van der Waals surface area contributed by atoms with Crippen LogP contribution in [0.15, 0.2) is 0 Å². The molecule has 3 heteroatoms. The molecule has 1 unspecified atom stereocenters. The molecule has 0 saturated carbocycles. The number of hydrogen-bond donors (Lipinski definition) is 1. The molecule has 1 aliphatic heterocycles. The molecule has 0 radical (unpaired) electrons. The van der Waals surface area contributed by atoms with E-state index in [1.165, 1.54) is 0 Å². The van der Waals surface area contributed by atoms with E-state index in [0.29, 0.717) is 0 Å². The van der Waals surface area contributed by atoms with E-state index in [9.17, 15) is 4.39 Å². The van der Waals surface area contributed by atoms with Crippen LogP contribution in [0.3, 0.4) is 0 Å². The zero-order valence-corrected chi connectivity index (χ0v) is 4.32. The SMILES string of the molecule is CN1CCNC1F. The summed E-state index contributed by atoms with van der Waals surface area (Å²) in [7, 11) is 1.75. The molecule has 1 atom stereocenters. The number of rotatable bonds is 0. The Kier molecular flexibility index (Phi) is 1.25. The summed E-state index contributed by atoms with van der Waals surface area (Å²) in [6.45, 7) is 1.60. The minimum Gasteiger partial charge on any atom is -0.274 e. The monoisotopic (exact) mass is 104 g/mol. The fourth-order valence-electron chi connectivity index (χ4n) is 0.629. The van der Waals surface area contributed by atoms with E-state index in [0.717, 1.165) is 13.1 Å². The van der Waals surface area contributed by atoms with Gasteiger partial charge in [-0.05, 0) is 7.05 Å². The van der Waals surface area contributed by atoms with Crippen LogP contribution in [0.2, 0.25) is 0 Å². The molecule has 1 N–H and O–H groups in total. The molecule has 0 spiro atoms. The van der Waals surface area contributed by atoms with Crippen molar-refractivity contribution in [2.24, 2.45) is 0 Å². The Balaban J connectivity index is 2.33. The highest BCUT2D eigenvalue weighted by atomic mass is 19.1. The highest BCUT2D eigenvalue weighted by molar-refractivity contribution is 4.64. The number of hydrogen-bond acceptors (Lipinski definition) is 2. The zero-order valence-electron chi connectivity index (χ0n) is 4.32. The van der Waals surface area contributed by atoms with Gasteiger partial charge in [0.05, 0.1) is 0 Å². The summed E-state index contributed by atoms with van der Waals surface area (Å²) in [5.41, 5.74) is 0. The standard InChI is InChI=1S/C4H9FN2/c1-7-3-2-6-4(7)5/h4,6H,2-3H2,1H3. The Morgan fingerprint density at radius 3 is 2.71 bits per heavy atom. The van der Waals surface area contributed by atoms with Crippen LogP contribution in [0.5, 0.6) is 0 Å². The van der Waals surface area contributed by atoms with Gasteiger partial charge in [0.25, 0.3) is 0 Å². The second-order valence-corrected chi connectivity index (χ2v) is 1.77. The molecule has 42 valence electrons. The Bertz CT molecular complexity index is 58.7. The first-order valence-corrected chi connectivity index (χ1v) is 2.38. The van der Waals surface area contributed by atoms with Crippen LogP contribution in [0.25, 0.3) is 0 Å². The van der Waals surface area contributed by atoms with Gasteiger partial charge in [0, 0.05) is 13.1 Å². The van der Waals surface area contributed by atoms with Crippen LogP contribution < -0.4 is 5.32 Å². The van der Waals surface area contributed by atoms with Crippen molar-refractivity contribution >= 4 is 0 Å². The third-order valence-electron chi connectivity index (χ3n) is 1.16. The lowest BCUT2D eigenvalue weighted by atomic mass is 10.7. The molecule has 2 nitrogen and oxygen atoms in total. The normalized spacial score (nSPS) is 34.3. The first-order chi connectivity index (χ1) is 3.30. The fraction of sp³-hybridized carbons (Fsp3) is 1.00. The van der Waals surface area contributed by atoms with Gasteiger partial charge in [0.1, 0.15) is 0 Å². The van der Waals surface area contributed by atoms with E-state index in [1.807, 2.05) is 0 Å². The first-order valence-electron chi connectivity index (χ1n) is 2.38. The van der Waals surface area contributed by atoms with Crippen LogP contribution in [0.4, 0.5) is 4.39 Å². The lowest BCUT2D eigenvalue weighted by Crippen LogP contribution is -2.27. The van der Waals surface area contributed by atoms with E-state index >= 15 is 0 Å². The summed E-state index contributed by atoms with van der Waals surface area (Å²) >= 11 is 0. The average molecular weight is 104 g/mol. The predicted octanol–water partition coefficient (Wildman–Crippen LogP) is -0.226. The number of halogens is 1. The van der Waals surface area contributed by atoms with Crippen molar-refractivity contribution < 1.29 is 4.39 Å². The maximum absolute atomic E-state index is 12.1. The summed E-state index contributed by atoms with van der Waals surface area (Å²) < 4.78 is 12.1. The van der Waals surface area contributed by atoms with Gasteiger partial charge < -0.3 is 0 Å². The molecule has 7 heavy (non-hydrogen) atoms. The number of nitrogens with zero attached hydrogens (tertiary/aromatic N) is 1. The lowest BCUT2D eigenvalue weighted by Gasteiger charge is -2.07. The van der Waals surface area contributed by atoms with Crippen LogP contribution in [0, 0.1) is 0 Å². The molecular formula is C4H9FN2. The fourth-order valence-corrected chi connectivity index (χ4v) is 0.629. The average Bonchev–Trinajstić information content (AvgIpc) is 1.91. The maximum Gasteiger partial charge on any atom is 0.207 e. The predicted molar refractivity (Wildman–Crippen MR) is 25.5 cm³/mol. The van der Waals surface area contributed by atoms with Gasteiger partial charge in [-0.1, -0.05) is 0 Å². The van der Waals surface area contributed by atoms with Gasteiger partial charge in [0.2, 0.25) is 6.42 Å². The van der Waals surface area contributed by atoms with Crippen molar-refractivity contribution in [3.8, 4) is 0 Å². The van der Waals surface area contributed by atoms with Gasteiger partial charge in [-0.15, -0.1) is 0 Å². The third-order valence-corrected chi connectivity index (χ3v) is 1.16. The van der Waals surface area contributed by atoms with Crippen LogP contribution in [-0.4, -0.2) is 31.5 Å². The molecule has 0 aromatic rings. The molecular weight excluding hydrogens is 95.1 g/mol. The van der Waals surface area contributed by atoms with Gasteiger partial charge in [0.15, 0.2) is 0 Å².